The van der Waals surface area contributed by atoms with Crippen LogP contribution < -0.4 is 10.7 Å². The third-order valence-electron chi connectivity index (χ3n) is 4.05. The van der Waals surface area contributed by atoms with Gasteiger partial charge in [0.15, 0.2) is 0 Å². The van der Waals surface area contributed by atoms with Gasteiger partial charge < -0.3 is 5.32 Å². The van der Waals surface area contributed by atoms with Crippen LogP contribution in [0.1, 0.15) is 16.8 Å². The molecule has 1 aromatic heterocycles. The lowest BCUT2D eigenvalue weighted by atomic mass is 10.2. The number of para-hydroxylation sites is 1. The topological polar surface area (TPSA) is 71.3 Å². The van der Waals surface area contributed by atoms with E-state index < -0.39 is 11.7 Å². The van der Waals surface area contributed by atoms with Gasteiger partial charge in [0.2, 0.25) is 0 Å². The number of hydrogen-bond donors (Lipinski definition) is 2. The molecule has 0 unspecified atom stereocenters. The summed E-state index contributed by atoms with van der Waals surface area (Å²) in [4.78, 5) is 11.9. The maximum Gasteiger partial charge on any atom is 0.259 e. The highest BCUT2D eigenvalue weighted by molar-refractivity contribution is 6.32. The molecule has 1 heterocycles. The van der Waals surface area contributed by atoms with Gasteiger partial charge in [-0.25, -0.2) is 14.5 Å². The number of anilines is 1. The van der Waals surface area contributed by atoms with E-state index in [1.807, 2.05) is 12.1 Å². The Morgan fingerprint density at radius 1 is 1.21 bits per heavy atom. The second-order valence-electron chi connectivity index (χ2n) is 6.20. The van der Waals surface area contributed by atoms with Crippen molar-refractivity contribution in [2.24, 2.45) is 5.10 Å². The summed E-state index contributed by atoms with van der Waals surface area (Å²) in [6.45, 7) is 2.15. The van der Waals surface area contributed by atoms with Gasteiger partial charge in [0.25, 0.3) is 5.91 Å². The van der Waals surface area contributed by atoms with Crippen molar-refractivity contribution in [1.29, 1.82) is 0 Å². The molecule has 2 N–H and O–H groups in total. The number of benzene rings is 2. The van der Waals surface area contributed by atoms with Crippen molar-refractivity contribution in [3.05, 3.63) is 81.3 Å². The van der Waals surface area contributed by atoms with Crippen LogP contribution in [0.25, 0.3) is 0 Å². The number of hydrazone groups is 1. The minimum atomic E-state index is -0.431. The van der Waals surface area contributed by atoms with E-state index in [0.717, 1.165) is 5.56 Å². The second-order valence-corrected chi connectivity index (χ2v) is 7.00. The van der Waals surface area contributed by atoms with Crippen LogP contribution in [-0.4, -0.2) is 28.4 Å². The number of nitrogens with zero attached hydrogens (tertiary/aromatic N) is 3. The number of aryl methyl sites for hydroxylation is 1. The zero-order valence-electron chi connectivity index (χ0n) is 15.5. The SMILES string of the molecule is Cc1nn(Cc2ccc(Cl)cc2)c(Cl)c1/C=N\NC(=O)CNc1ccccc1F. The van der Waals surface area contributed by atoms with Crippen LogP contribution in [0.3, 0.4) is 0 Å². The van der Waals surface area contributed by atoms with Gasteiger partial charge in [-0.2, -0.15) is 10.2 Å². The predicted octanol–water partition coefficient (Wildman–Crippen LogP) is 4.25. The Morgan fingerprint density at radius 2 is 1.93 bits per heavy atom. The van der Waals surface area contributed by atoms with Crippen LogP contribution in [0, 0.1) is 12.7 Å². The van der Waals surface area contributed by atoms with Crippen LogP contribution in [-0.2, 0) is 11.3 Å². The summed E-state index contributed by atoms with van der Waals surface area (Å²) < 4.78 is 15.2. The zero-order valence-corrected chi connectivity index (χ0v) is 17.0. The van der Waals surface area contributed by atoms with E-state index in [0.29, 0.717) is 28.0 Å². The Kier molecular flexibility index (Phi) is 6.85. The molecule has 150 valence electrons. The first-order chi connectivity index (χ1) is 13.9. The second kappa shape index (κ2) is 9.54. The highest BCUT2D eigenvalue weighted by Gasteiger charge is 2.12. The van der Waals surface area contributed by atoms with Crippen LogP contribution in [0.15, 0.2) is 53.6 Å². The molecule has 0 atom stereocenters. The molecule has 6 nitrogen and oxygen atoms in total. The van der Waals surface area contributed by atoms with E-state index >= 15 is 0 Å². The van der Waals surface area contributed by atoms with Crippen molar-refractivity contribution in [2.45, 2.75) is 13.5 Å². The molecule has 0 saturated heterocycles. The third kappa shape index (κ3) is 5.56. The summed E-state index contributed by atoms with van der Waals surface area (Å²) in [6, 6.07) is 13.5. The molecule has 0 fully saturated rings. The van der Waals surface area contributed by atoms with E-state index in [2.05, 4.69) is 20.9 Å². The number of amides is 1. The fraction of sp³-hybridized carbons (Fsp3) is 0.150. The van der Waals surface area contributed by atoms with E-state index in [-0.39, 0.29) is 12.2 Å². The molecule has 0 spiro atoms. The zero-order chi connectivity index (χ0) is 20.8. The smallest absolute Gasteiger partial charge is 0.259 e. The number of halogens is 3. The number of carbonyl (C=O) groups excluding carboxylic acids is 1. The summed E-state index contributed by atoms with van der Waals surface area (Å²) in [6.07, 6.45) is 1.43. The van der Waals surface area contributed by atoms with Crippen molar-refractivity contribution in [3.63, 3.8) is 0 Å². The van der Waals surface area contributed by atoms with Gasteiger partial charge >= 0.3 is 0 Å². The normalized spacial score (nSPS) is 11.0. The molecule has 0 bridgehead atoms. The molecule has 0 aliphatic carbocycles. The maximum atomic E-state index is 13.5. The summed E-state index contributed by atoms with van der Waals surface area (Å²) in [5.74, 6) is -0.855. The lowest BCUT2D eigenvalue weighted by Gasteiger charge is -2.05. The molecular weight excluding hydrogens is 416 g/mol. The summed E-state index contributed by atoms with van der Waals surface area (Å²) in [5, 5.41) is 12.1. The van der Waals surface area contributed by atoms with E-state index in [4.69, 9.17) is 23.2 Å². The van der Waals surface area contributed by atoms with Crippen molar-refractivity contribution in [2.75, 3.05) is 11.9 Å². The van der Waals surface area contributed by atoms with Gasteiger partial charge in [-0.05, 0) is 36.8 Å². The molecule has 29 heavy (non-hydrogen) atoms. The molecule has 9 heteroatoms. The molecule has 1 amide bonds. The number of aromatic nitrogens is 2. The lowest BCUT2D eigenvalue weighted by Crippen LogP contribution is -2.26. The van der Waals surface area contributed by atoms with Crippen LogP contribution in [0.5, 0.6) is 0 Å². The molecule has 0 aliphatic heterocycles. The van der Waals surface area contributed by atoms with Gasteiger partial charge in [0.05, 0.1) is 36.2 Å². The minimum Gasteiger partial charge on any atom is -0.374 e. The van der Waals surface area contributed by atoms with E-state index in [9.17, 15) is 9.18 Å². The number of nitrogens with one attached hydrogen (secondary N) is 2. The van der Waals surface area contributed by atoms with Crippen molar-refractivity contribution < 1.29 is 9.18 Å². The first kappa shape index (κ1) is 20.8. The first-order valence-electron chi connectivity index (χ1n) is 8.71. The largest absolute Gasteiger partial charge is 0.374 e. The molecule has 2 aromatic carbocycles. The van der Waals surface area contributed by atoms with Crippen molar-refractivity contribution >= 4 is 41.0 Å². The number of hydrogen-bond acceptors (Lipinski definition) is 4. The molecular formula is C20H18Cl2FN5O. The summed E-state index contributed by atoms with van der Waals surface area (Å²) in [5.41, 5.74) is 4.89. The predicted molar refractivity (Wildman–Crippen MR) is 113 cm³/mol. The molecule has 3 rings (SSSR count). The highest BCUT2D eigenvalue weighted by atomic mass is 35.5. The Labute approximate surface area is 177 Å². The van der Waals surface area contributed by atoms with Gasteiger partial charge in [-0.15, -0.1) is 0 Å². The highest BCUT2D eigenvalue weighted by Crippen LogP contribution is 2.20. The van der Waals surface area contributed by atoms with Crippen LogP contribution in [0.4, 0.5) is 10.1 Å². The average Bonchev–Trinajstić information content (AvgIpc) is 2.96. The first-order valence-corrected chi connectivity index (χ1v) is 9.47. The van der Waals surface area contributed by atoms with Crippen LogP contribution in [0.2, 0.25) is 10.2 Å². The number of rotatable bonds is 7. The number of carbonyl (C=O) groups is 1. The van der Waals surface area contributed by atoms with Crippen molar-refractivity contribution in [3.8, 4) is 0 Å². The monoisotopic (exact) mass is 433 g/mol. The quantitative estimate of drug-likeness (QED) is 0.432. The van der Waals surface area contributed by atoms with Gasteiger partial charge in [0, 0.05) is 5.02 Å². The van der Waals surface area contributed by atoms with E-state index in [1.54, 1.807) is 41.9 Å². The fourth-order valence-corrected chi connectivity index (χ4v) is 2.98. The average molecular weight is 434 g/mol. The molecule has 0 aliphatic rings. The maximum absolute atomic E-state index is 13.5. The standard InChI is InChI=1S/C20H18Cl2FN5O/c1-13-16(20(22)28(27-13)12-14-6-8-15(21)9-7-14)10-25-26-19(29)11-24-18-5-3-2-4-17(18)23/h2-10,24H,11-12H2,1H3,(H,26,29)/b25-10-. The lowest BCUT2D eigenvalue weighted by molar-refractivity contribution is -0.119. The summed E-state index contributed by atoms with van der Waals surface area (Å²) in [7, 11) is 0. The van der Waals surface area contributed by atoms with Crippen molar-refractivity contribution in [1.82, 2.24) is 15.2 Å². The van der Waals surface area contributed by atoms with Gasteiger partial charge in [-0.3, -0.25) is 4.79 Å². The van der Waals surface area contributed by atoms with E-state index in [1.165, 1.54) is 12.3 Å². The minimum absolute atomic E-state index is 0.124. The third-order valence-corrected chi connectivity index (χ3v) is 4.70. The van der Waals surface area contributed by atoms with Gasteiger partial charge in [-0.1, -0.05) is 47.5 Å². The summed E-state index contributed by atoms with van der Waals surface area (Å²) >= 11 is 12.3. The fourth-order valence-electron chi connectivity index (χ4n) is 2.57. The molecule has 0 radical (unpaired) electrons. The Bertz CT molecular complexity index is 1030. The van der Waals surface area contributed by atoms with Gasteiger partial charge in [0.1, 0.15) is 11.0 Å². The Hall–Kier alpha value is -2.90. The van der Waals surface area contributed by atoms with Crippen LogP contribution >= 0.6 is 23.2 Å². The Morgan fingerprint density at radius 3 is 2.66 bits per heavy atom. The molecule has 0 saturated carbocycles. The Balaban J connectivity index is 1.58. The molecule has 3 aromatic rings.